The standard InChI is InChI=1S/C7H12FNO2S/c1-7(2)5-9-4-6(3-8)12(7,10)11/h5-6H,3-4H2,1-2H3. The first-order valence-corrected chi connectivity index (χ1v) is 5.27. The Balaban J connectivity index is 3.13. The van der Waals surface area contributed by atoms with Crippen LogP contribution in [-0.4, -0.2) is 37.8 Å². The van der Waals surface area contributed by atoms with Gasteiger partial charge in [-0.1, -0.05) is 0 Å². The summed E-state index contributed by atoms with van der Waals surface area (Å²) >= 11 is 0. The SMILES string of the molecule is CC1(C)C=NCC(CF)S1(=O)=O. The van der Waals surface area contributed by atoms with Crippen molar-refractivity contribution in [3.63, 3.8) is 0 Å². The molecule has 0 bridgehead atoms. The Morgan fingerprint density at radius 2 is 2.25 bits per heavy atom. The molecule has 0 aromatic heterocycles. The third-order valence-electron chi connectivity index (χ3n) is 2.06. The molecule has 12 heavy (non-hydrogen) atoms. The van der Waals surface area contributed by atoms with Gasteiger partial charge in [0.25, 0.3) is 0 Å². The quantitative estimate of drug-likeness (QED) is 0.612. The fourth-order valence-corrected chi connectivity index (χ4v) is 2.65. The molecule has 0 amide bonds. The van der Waals surface area contributed by atoms with E-state index in [4.69, 9.17) is 0 Å². The highest BCUT2D eigenvalue weighted by Crippen LogP contribution is 2.23. The van der Waals surface area contributed by atoms with E-state index in [1.165, 1.54) is 20.1 Å². The van der Waals surface area contributed by atoms with Crippen molar-refractivity contribution >= 4 is 16.1 Å². The Morgan fingerprint density at radius 1 is 1.67 bits per heavy atom. The lowest BCUT2D eigenvalue weighted by atomic mass is 10.2. The lowest BCUT2D eigenvalue weighted by Crippen LogP contribution is -2.46. The molecule has 0 fully saturated rings. The van der Waals surface area contributed by atoms with Gasteiger partial charge in [0.2, 0.25) is 0 Å². The van der Waals surface area contributed by atoms with Crippen molar-refractivity contribution in [2.45, 2.75) is 23.8 Å². The predicted molar refractivity (Wildman–Crippen MR) is 46.1 cm³/mol. The molecule has 1 aliphatic heterocycles. The molecule has 0 N–H and O–H groups in total. The van der Waals surface area contributed by atoms with Crippen LogP contribution in [-0.2, 0) is 9.84 Å². The number of alkyl halides is 1. The summed E-state index contributed by atoms with van der Waals surface area (Å²) in [6.07, 6.45) is 1.38. The van der Waals surface area contributed by atoms with Crippen molar-refractivity contribution in [3.05, 3.63) is 0 Å². The Bertz CT molecular complexity index is 295. The minimum absolute atomic E-state index is 0.0578. The van der Waals surface area contributed by atoms with E-state index in [2.05, 4.69) is 4.99 Å². The highest BCUT2D eigenvalue weighted by molar-refractivity contribution is 7.94. The maximum Gasteiger partial charge on any atom is 0.167 e. The summed E-state index contributed by atoms with van der Waals surface area (Å²) in [4.78, 5) is 3.83. The molecule has 3 nitrogen and oxygen atoms in total. The van der Waals surface area contributed by atoms with E-state index in [1.54, 1.807) is 0 Å². The minimum Gasteiger partial charge on any atom is -0.294 e. The smallest absolute Gasteiger partial charge is 0.167 e. The average molecular weight is 193 g/mol. The second-order valence-corrected chi connectivity index (χ2v) is 6.23. The molecule has 1 aliphatic rings. The summed E-state index contributed by atoms with van der Waals surface area (Å²) in [6, 6.07) is 0. The van der Waals surface area contributed by atoms with Crippen LogP contribution < -0.4 is 0 Å². The van der Waals surface area contributed by atoms with Gasteiger partial charge in [0.1, 0.15) is 16.7 Å². The van der Waals surface area contributed by atoms with Crippen LogP contribution in [0.1, 0.15) is 13.8 Å². The second-order valence-electron chi connectivity index (χ2n) is 3.42. The molecule has 0 saturated heterocycles. The van der Waals surface area contributed by atoms with Crippen LogP contribution in [0.2, 0.25) is 0 Å². The summed E-state index contributed by atoms with van der Waals surface area (Å²) in [7, 11) is -3.38. The summed E-state index contributed by atoms with van der Waals surface area (Å²) in [6.45, 7) is 2.28. The minimum atomic E-state index is -3.38. The highest BCUT2D eigenvalue weighted by atomic mass is 32.2. The zero-order chi connectivity index (χ0) is 9.41. The monoisotopic (exact) mass is 193 g/mol. The lowest BCUT2D eigenvalue weighted by Gasteiger charge is -2.28. The molecule has 0 radical (unpaired) electrons. The average Bonchev–Trinajstić information content (AvgIpc) is 1.95. The molecule has 0 saturated carbocycles. The first kappa shape index (κ1) is 9.64. The topological polar surface area (TPSA) is 46.5 Å². The van der Waals surface area contributed by atoms with Crippen LogP contribution >= 0.6 is 0 Å². The molecule has 1 heterocycles. The third kappa shape index (κ3) is 1.26. The molecule has 1 rings (SSSR count). The van der Waals surface area contributed by atoms with E-state index >= 15 is 0 Å². The van der Waals surface area contributed by atoms with Crippen LogP contribution in [0, 0.1) is 0 Å². The van der Waals surface area contributed by atoms with Gasteiger partial charge in [0.15, 0.2) is 9.84 Å². The Morgan fingerprint density at radius 3 is 2.67 bits per heavy atom. The molecule has 70 valence electrons. The van der Waals surface area contributed by atoms with Crippen LogP contribution in [0.5, 0.6) is 0 Å². The molecule has 1 unspecified atom stereocenters. The van der Waals surface area contributed by atoms with Gasteiger partial charge < -0.3 is 0 Å². The van der Waals surface area contributed by atoms with Crippen molar-refractivity contribution in [1.82, 2.24) is 0 Å². The largest absolute Gasteiger partial charge is 0.294 e. The van der Waals surface area contributed by atoms with Gasteiger partial charge in [-0.2, -0.15) is 0 Å². The van der Waals surface area contributed by atoms with Crippen molar-refractivity contribution in [2.75, 3.05) is 13.2 Å². The van der Waals surface area contributed by atoms with Crippen molar-refractivity contribution in [3.8, 4) is 0 Å². The third-order valence-corrected chi connectivity index (χ3v) is 4.78. The van der Waals surface area contributed by atoms with E-state index in [0.29, 0.717) is 0 Å². The number of aliphatic imine (C=N–C) groups is 1. The first-order chi connectivity index (χ1) is 5.42. The van der Waals surface area contributed by atoms with Gasteiger partial charge in [0, 0.05) is 6.21 Å². The maximum absolute atomic E-state index is 12.3. The number of nitrogens with zero attached hydrogens (tertiary/aromatic N) is 1. The van der Waals surface area contributed by atoms with Crippen LogP contribution in [0.25, 0.3) is 0 Å². The molecule has 0 spiro atoms. The number of sulfone groups is 1. The van der Waals surface area contributed by atoms with Crippen molar-refractivity contribution < 1.29 is 12.8 Å². The van der Waals surface area contributed by atoms with Gasteiger partial charge in [-0.3, -0.25) is 4.99 Å². The fourth-order valence-electron chi connectivity index (χ4n) is 1.12. The van der Waals surface area contributed by atoms with E-state index < -0.39 is 26.5 Å². The number of hydrogen-bond acceptors (Lipinski definition) is 3. The molecular weight excluding hydrogens is 181 g/mol. The summed E-state index contributed by atoms with van der Waals surface area (Å²) in [5.41, 5.74) is 0. The molecule has 5 heteroatoms. The summed E-state index contributed by atoms with van der Waals surface area (Å²) in [5, 5.41) is -0.947. The van der Waals surface area contributed by atoms with Gasteiger partial charge in [-0.25, -0.2) is 12.8 Å². The molecular formula is C7H12FNO2S. The number of halogens is 1. The Hall–Kier alpha value is -0.450. The van der Waals surface area contributed by atoms with Gasteiger partial charge >= 0.3 is 0 Å². The number of hydrogen-bond donors (Lipinski definition) is 0. The van der Waals surface area contributed by atoms with Crippen molar-refractivity contribution in [2.24, 2.45) is 4.99 Å². The van der Waals surface area contributed by atoms with E-state index in [-0.39, 0.29) is 6.54 Å². The zero-order valence-electron chi connectivity index (χ0n) is 7.12. The van der Waals surface area contributed by atoms with Crippen LogP contribution in [0.4, 0.5) is 4.39 Å². The van der Waals surface area contributed by atoms with E-state index in [1.807, 2.05) is 0 Å². The lowest BCUT2D eigenvalue weighted by molar-refractivity contribution is 0.458. The van der Waals surface area contributed by atoms with E-state index in [0.717, 1.165) is 0 Å². The van der Waals surface area contributed by atoms with Crippen molar-refractivity contribution in [1.29, 1.82) is 0 Å². The molecule has 1 atom stereocenters. The van der Waals surface area contributed by atoms with Crippen LogP contribution in [0.3, 0.4) is 0 Å². The fraction of sp³-hybridized carbons (Fsp3) is 0.857. The van der Waals surface area contributed by atoms with Gasteiger partial charge in [0.05, 0.1) is 6.54 Å². The Kier molecular flexibility index (Phi) is 2.25. The summed E-state index contributed by atoms with van der Waals surface area (Å²) in [5.74, 6) is 0. The second kappa shape index (κ2) is 2.80. The van der Waals surface area contributed by atoms with Gasteiger partial charge in [-0.15, -0.1) is 0 Å². The molecule has 0 aromatic rings. The maximum atomic E-state index is 12.3. The Labute approximate surface area is 71.6 Å². The molecule has 0 aromatic carbocycles. The van der Waals surface area contributed by atoms with E-state index in [9.17, 15) is 12.8 Å². The summed E-state index contributed by atoms with van der Waals surface area (Å²) < 4.78 is 34.3. The number of rotatable bonds is 1. The molecule has 0 aliphatic carbocycles. The van der Waals surface area contributed by atoms with Gasteiger partial charge in [-0.05, 0) is 13.8 Å². The highest BCUT2D eigenvalue weighted by Gasteiger charge is 2.41. The predicted octanol–water partition coefficient (Wildman–Crippen LogP) is 0.602. The van der Waals surface area contributed by atoms with Crippen LogP contribution in [0.15, 0.2) is 4.99 Å². The first-order valence-electron chi connectivity index (χ1n) is 3.72. The zero-order valence-corrected chi connectivity index (χ0v) is 7.94. The normalized spacial score (nSPS) is 31.8.